The SMILES string of the molecule is CN(C)Cc1cccc(NC(=O)c2cccn2CCc2ccccc2)c1. The number of nitrogens with zero attached hydrogens (tertiary/aromatic N) is 2. The van der Waals surface area contributed by atoms with Gasteiger partial charge in [0.1, 0.15) is 5.69 Å². The molecule has 3 rings (SSSR count). The van der Waals surface area contributed by atoms with E-state index in [1.807, 2.05) is 73.4 Å². The molecule has 0 aliphatic carbocycles. The molecule has 0 fully saturated rings. The van der Waals surface area contributed by atoms with Crippen LogP contribution in [0, 0.1) is 0 Å². The first kappa shape index (κ1) is 18.0. The molecule has 0 spiro atoms. The predicted octanol–water partition coefficient (Wildman–Crippen LogP) is 4.04. The van der Waals surface area contributed by atoms with Crippen LogP contribution >= 0.6 is 0 Å². The molecule has 1 N–H and O–H groups in total. The lowest BCUT2D eigenvalue weighted by Gasteiger charge is -2.12. The molecular formula is C22H25N3O. The predicted molar refractivity (Wildman–Crippen MR) is 106 cm³/mol. The highest BCUT2D eigenvalue weighted by Crippen LogP contribution is 2.14. The van der Waals surface area contributed by atoms with Gasteiger partial charge in [0.25, 0.3) is 5.91 Å². The molecule has 0 saturated carbocycles. The Morgan fingerprint density at radius 3 is 2.50 bits per heavy atom. The standard InChI is InChI=1S/C22H25N3O/c1-24(2)17-19-10-6-11-20(16-19)23-22(26)21-12-7-14-25(21)15-13-18-8-4-3-5-9-18/h3-12,14,16H,13,15,17H2,1-2H3,(H,23,26). The average molecular weight is 347 g/mol. The maximum atomic E-state index is 12.7. The molecule has 1 amide bonds. The summed E-state index contributed by atoms with van der Waals surface area (Å²) in [4.78, 5) is 14.8. The molecule has 1 heterocycles. The van der Waals surface area contributed by atoms with Gasteiger partial charge in [0, 0.05) is 25.0 Å². The number of amides is 1. The molecule has 0 aliphatic rings. The third-order valence-corrected chi connectivity index (χ3v) is 4.23. The zero-order chi connectivity index (χ0) is 18.4. The van der Waals surface area contributed by atoms with Crippen LogP contribution in [-0.2, 0) is 19.5 Å². The summed E-state index contributed by atoms with van der Waals surface area (Å²) < 4.78 is 2.01. The van der Waals surface area contributed by atoms with Crippen molar-refractivity contribution in [3.8, 4) is 0 Å². The summed E-state index contributed by atoms with van der Waals surface area (Å²) in [5.41, 5.74) is 3.94. The van der Waals surface area contributed by atoms with Crippen LogP contribution in [0.1, 0.15) is 21.6 Å². The minimum absolute atomic E-state index is 0.0786. The lowest BCUT2D eigenvalue weighted by molar-refractivity contribution is 0.101. The normalized spacial score (nSPS) is 10.9. The number of carbonyl (C=O) groups is 1. The molecule has 0 bridgehead atoms. The highest BCUT2D eigenvalue weighted by Gasteiger charge is 2.11. The fourth-order valence-electron chi connectivity index (χ4n) is 3.02. The van der Waals surface area contributed by atoms with Crippen molar-refractivity contribution in [1.82, 2.24) is 9.47 Å². The number of aromatic nitrogens is 1. The monoisotopic (exact) mass is 347 g/mol. The molecular weight excluding hydrogens is 322 g/mol. The van der Waals surface area contributed by atoms with Crippen LogP contribution in [0.4, 0.5) is 5.69 Å². The molecule has 0 unspecified atom stereocenters. The van der Waals surface area contributed by atoms with Gasteiger partial charge >= 0.3 is 0 Å². The number of anilines is 1. The number of nitrogens with one attached hydrogen (secondary N) is 1. The van der Waals surface area contributed by atoms with Crippen LogP contribution in [0.25, 0.3) is 0 Å². The average Bonchev–Trinajstić information content (AvgIpc) is 3.09. The first-order valence-electron chi connectivity index (χ1n) is 8.86. The highest BCUT2D eigenvalue weighted by atomic mass is 16.1. The first-order valence-corrected chi connectivity index (χ1v) is 8.86. The third kappa shape index (κ3) is 4.83. The Morgan fingerprint density at radius 2 is 1.73 bits per heavy atom. The second-order valence-electron chi connectivity index (χ2n) is 6.71. The molecule has 0 saturated heterocycles. The highest BCUT2D eigenvalue weighted by molar-refractivity contribution is 6.03. The van der Waals surface area contributed by atoms with Crippen LogP contribution in [0.3, 0.4) is 0 Å². The van der Waals surface area contributed by atoms with Gasteiger partial charge in [0.05, 0.1) is 0 Å². The number of aryl methyl sites for hydroxylation is 2. The Kier molecular flexibility index (Phi) is 5.87. The summed E-state index contributed by atoms with van der Waals surface area (Å²) in [6.07, 6.45) is 2.86. The van der Waals surface area contributed by atoms with Crippen molar-refractivity contribution in [3.63, 3.8) is 0 Å². The van der Waals surface area contributed by atoms with Crippen LogP contribution < -0.4 is 5.32 Å². The minimum atomic E-state index is -0.0786. The van der Waals surface area contributed by atoms with Crippen LogP contribution in [-0.4, -0.2) is 29.5 Å². The van der Waals surface area contributed by atoms with Gasteiger partial charge in [-0.05, 0) is 55.9 Å². The van der Waals surface area contributed by atoms with Crippen molar-refractivity contribution in [2.45, 2.75) is 19.5 Å². The van der Waals surface area contributed by atoms with Crippen LogP contribution in [0.5, 0.6) is 0 Å². The maximum absolute atomic E-state index is 12.7. The molecule has 134 valence electrons. The van der Waals surface area contributed by atoms with Gasteiger partial charge in [-0.2, -0.15) is 0 Å². The molecule has 1 aromatic heterocycles. The molecule has 2 aromatic carbocycles. The second-order valence-corrected chi connectivity index (χ2v) is 6.71. The van der Waals surface area contributed by atoms with Crippen molar-refractivity contribution in [3.05, 3.63) is 89.7 Å². The van der Waals surface area contributed by atoms with Gasteiger partial charge in [-0.3, -0.25) is 4.79 Å². The maximum Gasteiger partial charge on any atom is 0.272 e. The van der Waals surface area contributed by atoms with Gasteiger partial charge in [-0.25, -0.2) is 0 Å². The number of carbonyl (C=O) groups excluding carboxylic acids is 1. The smallest absolute Gasteiger partial charge is 0.272 e. The number of rotatable bonds is 7. The van der Waals surface area contributed by atoms with E-state index >= 15 is 0 Å². The van der Waals surface area contributed by atoms with Crippen molar-refractivity contribution < 1.29 is 4.79 Å². The Balaban J connectivity index is 1.66. The summed E-state index contributed by atoms with van der Waals surface area (Å²) in [6, 6.07) is 22.1. The summed E-state index contributed by atoms with van der Waals surface area (Å²) in [7, 11) is 4.07. The van der Waals surface area contributed by atoms with Gasteiger partial charge in [-0.1, -0.05) is 42.5 Å². The van der Waals surface area contributed by atoms with Crippen LogP contribution in [0.15, 0.2) is 72.9 Å². The minimum Gasteiger partial charge on any atom is -0.343 e. The van der Waals surface area contributed by atoms with E-state index in [2.05, 4.69) is 28.4 Å². The van der Waals surface area contributed by atoms with Crippen LogP contribution in [0.2, 0.25) is 0 Å². The summed E-state index contributed by atoms with van der Waals surface area (Å²) in [5.74, 6) is -0.0786. The summed E-state index contributed by atoms with van der Waals surface area (Å²) in [6.45, 7) is 1.62. The first-order chi connectivity index (χ1) is 12.6. The van der Waals surface area contributed by atoms with E-state index < -0.39 is 0 Å². The third-order valence-electron chi connectivity index (χ3n) is 4.23. The molecule has 0 radical (unpaired) electrons. The fraction of sp³-hybridized carbons (Fsp3) is 0.227. The fourth-order valence-corrected chi connectivity index (χ4v) is 3.02. The van der Waals surface area contributed by atoms with Crippen molar-refractivity contribution in [2.24, 2.45) is 0 Å². The zero-order valence-electron chi connectivity index (χ0n) is 15.4. The lowest BCUT2D eigenvalue weighted by Crippen LogP contribution is -2.18. The van der Waals surface area contributed by atoms with Gasteiger partial charge < -0.3 is 14.8 Å². The Hall–Kier alpha value is -2.85. The van der Waals surface area contributed by atoms with Gasteiger partial charge in [0.2, 0.25) is 0 Å². The zero-order valence-corrected chi connectivity index (χ0v) is 15.4. The Morgan fingerprint density at radius 1 is 0.962 bits per heavy atom. The van der Waals surface area contributed by atoms with E-state index in [1.165, 1.54) is 11.1 Å². The van der Waals surface area contributed by atoms with Crippen molar-refractivity contribution in [2.75, 3.05) is 19.4 Å². The number of benzene rings is 2. The molecule has 3 aromatic rings. The largest absolute Gasteiger partial charge is 0.343 e. The van der Waals surface area contributed by atoms with E-state index in [1.54, 1.807) is 0 Å². The van der Waals surface area contributed by atoms with E-state index in [4.69, 9.17) is 0 Å². The topological polar surface area (TPSA) is 37.3 Å². The van der Waals surface area contributed by atoms with E-state index in [0.717, 1.165) is 25.2 Å². The molecule has 0 aliphatic heterocycles. The number of hydrogen-bond acceptors (Lipinski definition) is 2. The quantitative estimate of drug-likeness (QED) is 0.700. The molecule has 26 heavy (non-hydrogen) atoms. The van der Waals surface area contributed by atoms with Gasteiger partial charge in [0.15, 0.2) is 0 Å². The Bertz CT molecular complexity index is 853. The summed E-state index contributed by atoms with van der Waals surface area (Å²) in [5, 5.41) is 3.02. The molecule has 4 heteroatoms. The molecule has 0 atom stereocenters. The van der Waals surface area contributed by atoms with Gasteiger partial charge in [-0.15, -0.1) is 0 Å². The number of hydrogen-bond donors (Lipinski definition) is 1. The Labute approximate surface area is 155 Å². The second kappa shape index (κ2) is 8.50. The lowest BCUT2D eigenvalue weighted by atomic mass is 10.1. The van der Waals surface area contributed by atoms with Crippen molar-refractivity contribution in [1.29, 1.82) is 0 Å². The van der Waals surface area contributed by atoms with Crippen molar-refractivity contribution >= 4 is 11.6 Å². The van der Waals surface area contributed by atoms with E-state index in [0.29, 0.717) is 5.69 Å². The van der Waals surface area contributed by atoms with E-state index in [-0.39, 0.29) is 5.91 Å². The summed E-state index contributed by atoms with van der Waals surface area (Å²) >= 11 is 0. The van der Waals surface area contributed by atoms with E-state index in [9.17, 15) is 4.79 Å². The molecule has 4 nitrogen and oxygen atoms in total.